The van der Waals surface area contributed by atoms with Crippen molar-refractivity contribution >= 4 is 37.3 Å². The van der Waals surface area contributed by atoms with Gasteiger partial charge in [-0.3, -0.25) is 0 Å². The average Bonchev–Trinajstić information content (AvgIpc) is 2.80. The van der Waals surface area contributed by atoms with Gasteiger partial charge in [0.2, 0.25) is 0 Å². The van der Waals surface area contributed by atoms with Crippen LogP contribution in [0.4, 0.5) is 0 Å². The highest BCUT2D eigenvalue weighted by atomic mass is 79.9. The van der Waals surface area contributed by atoms with Crippen LogP contribution in [-0.4, -0.2) is 23.8 Å². The van der Waals surface area contributed by atoms with Crippen molar-refractivity contribution in [3.05, 3.63) is 28.7 Å². The van der Waals surface area contributed by atoms with E-state index in [0.29, 0.717) is 5.69 Å². The predicted octanol–water partition coefficient (Wildman–Crippen LogP) is 2.76. The van der Waals surface area contributed by atoms with Crippen LogP contribution < -0.4 is 0 Å². The zero-order valence-electron chi connectivity index (χ0n) is 8.92. The Kier molecular flexibility index (Phi) is 3.60. The summed E-state index contributed by atoms with van der Waals surface area (Å²) in [5.74, 6) is 0.0560. The molecule has 4 nitrogen and oxygen atoms in total. The van der Waals surface area contributed by atoms with Crippen LogP contribution in [0.1, 0.15) is 6.92 Å². The van der Waals surface area contributed by atoms with Crippen molar-refractivity contribution in [1.29, 1.82) is 0 Å². The maximum atomic E-state index is 11.8. The molecule has 2 rings (SSSR count). The van der Waals surface area contributed by atoms with Crippen molar-refractivity contribution in [2.24, 2.45) is 0 Å². The molecule has 0 saturated heterocycles. The van der Waals surface area contributed by atoms with Gasteiger partial charge in [-0.2, -0.15) is 0 Å². The molecule has 0 N–H and O–H groups in total. The van der Waals surface area contributed by atoms with E-state index < -0.39 is 9.84 Å². The minimum Gasteiger partial charge on any atom is -0.223 e. The Morgan fingerprint density at radius 2 is 1.94 bits per heavy atom. The lowest BCUT2D eigenvalue weighted by atomic mass is 10.2. The summed E-state index contributed by atoms with van der Waals surface area (Å²) < 4.78 is 28.6. The SMILES string of the molecule is CCS(=O)(=O)c1snnc1-c1ccc(Br)cc1. The van der Waals surface area contributed by atoms with Crippen LogP contribution in [-0.2, 0) is 9.84 Å². The summed E-state index contributed by atoms with van der Waals surface area (Å²) in [6.07, 6.45) is 0. The van der Waals surface area contributed by atoms with Gasteiger partial charge in [0.15, 0.2) is 14.0 Å². The Labute approximate surface area is 112 Å². The molecule has 0 aliphatic heterocycles. The zero-order valence-corrected chi connectivity index (χ0v) is 12.1. The van der Waals surface area contributed by atoms with E-state index in [9.17, 15) is 8.42 Å². The molecule has 7 heteroatoms. The molecule has 1 heterocycles. The van der Waals surface area contributed by atoms with E-state index in [0.717, 1.165) is 21.6 Å². The maximum Gasteiger partial charge on any atom is 0.191 e. The first kappa shape index (κ1) is 12.7. The predicted molar refractivity (Wildman–Crippen MR) is 70.8 cm³/mol. The highest BCUT2D eigenvalue weighted by Gasteiger charge is 2.21. The number of hydrogen-bond donors (Lipinski definition) is 0. The fourth-order valence-electron chi connectivity index (χ4n) is 1.30. The Balaban J connectivity index is 2.55. The summed E-state index contributed by atoms with van der Waals surface area (Å²) in [4.78, 5) is 0. The minimum atomic E-state index is -3.26. The van der Waals surface area contributed by atoms with Crippen LogP contribution >= 0.6 is 27.5 Å². The van der Waals surface area contributed by atoms with Crippen LogP contribution in [0.3, 0.4) is 0 Å². The molecular formula is C10H9BrN2O2S2. The molecule has 0 aliphatic carbocycles. The third-order valence-electron chi connectivity index (χ3n) is 2.24. The van der Waals surface area contributed by atoms with Gasteiger partial charge in [-0.05, 0) is 12.1 Å². The lowest BCUT2D eigenvalue weighted by molar-refractivity contribution is 0.599. The monoisotopic (exact) mass is 332 g/mol. The van der Waals surface area contributed by atoms with Crippen LogP contribution in [0, 0.1) is 0 Å². The summed E-state index contributed by atoms with van der Waals surface area (Å²) in [6, 6.07) is 7.32. The van der Waals surface area contributed by atoms with Crippen molar-refractivity contribution in [3.8, 4) is 11.3 Å². The highest BCUT2D eigenvalue weighted by molar-refractivity contribution is 9.10. The molecule has 0 spiro atoms. The molecule has 1 aromatic heterocycles. The summed E-state index contributed by atoms with van der Waals surface area (Å²) in [7, 11) is -3.26. The molecule has 0 bridgehead atoms. The van der Waals surface area contributed by atoms with Gasteiger partial charge in [0.25, 0.3) is 0 Å². The molecule has 0 radical (unpaired) electrons. The molecule has 0 aliphatic rings. The number of benzene rings is 1. The quantitative estimate of drug-likeness (QED) is 0.867. The van der Waals surface area contributed by atoms with Gasteiger partial charge >= 0.3 is 0 Å². The van der Waals surface area contributed by atoms with Gasteiger partial charge in [0.05, 0.1) is 5.75 Å². The van der Waals surface area contributed by atoms with E-state index in [2.05, 4.69) is 25.5 Å². The fraction of sp³-hybridized carbons (Fsp3) is 0.200. The van der Waals surface area contributed by atoms with E-state index in [1.807, 2.05) is 24.3 Å². The van der Waals surface area contributed by atoms with Crippen molar-refractivity contribution in [2.75, 3.05) is 5.75 Å². The Bertz CT molecular complexity index is 620. The van der Waals surface area contributed by atoms with Gasteiger partial charge in [-0.1, -0.05) is 39.5 Å². The van der Waals surface area contributed by atoms with E-state index >= 15 is 0 Å². The first-order valence-corrected chi connectivity index (χ1v) is 8.07. The molecule has 0 fully saturated rings. The number of sulfone groups is 1. The van der Waals surface area contributed by atoms with Crippen molar-refractivity contribution in [3.63, 3.8) is 0 Å². The number of aromatic nitrogens is 2. The third kappa shape index (κ3) is 2.56. The van der Waals surface area contributed by atoms with Crippen LogP contribution in [0.25, 0.3) is 11.3 Å². The van der Waals surface area contributed by atoms with Crippen molar-refractivity contribution in [1.82, 2.24) is 9.59 Å². The summed E-state index contributed by atoms with van der Waals surface area (Å²) >= 11 is 4.25. The highest BCUT2D eigenvalue weighted by Crippen LogP contribution is 2.29. The van der Waals surface area contributed by atoms with E-state index in [1.54, 1.807) is 6.92 Å². The average molecular weight is 333 g/mol. The van der Waals surface area contributed by atoms with E-state index in [4.69, 9.17) is 0 Å². The Morgan fingerprint density at radius 3 is 2.53 bits per heavy atom. The van der Waals surface area contributed by atoms with Crippen LogP contribution in [0.2, 0.25) is 0 Å². The summed E-state index contributed by atoms with van der Waals surface area (Å²) in [5, 5.41) is 3.90. The van der Waals surface area contributed by atoms with Gasteiger partial charge in [0.1, 0.15) is 5.69 Å². The normalized spacial score (nSPS) is 11.6. The molecule has 0 amide bonds. The Morgan fingerprint density at radius 1 is 1.29 bits per heavy atom. The van der Waals surface area contributed by atoms with E-state index in [-0.39, 0.29) is 9.96 Å². The van der Waals surface area contributed by atoms with Crippen molar-refractivity contribution < 1.29 is 8.42 Å². The lowest BCUT2D eigenvalue weighted by Crippen LogP contribution is -2.02. The number of hydrogen-bond acceptors (Lipinski definition) is 5. The molecule has 2 aromatic rings. The smallest absolute Gasteiger partial charge is 0.191 e. The molecule has 0 atom stereocenters. The van der Waals surface area contributed by atoms with Gasteiger partial charge in [0, 0.05) is 21.6 Å². The summed E-state index contributed by atoms with van der Waals surface area (Å²) in [5.41, 5.74) is 1.19. The molecule has 1 aromatic carbocycles. The molecule has 0 saturated carbocycles. The standard InChI is InChI=1S/C10H9BrN2O2S2/c1-2-17(14,15)10-9(12-13-16-10)7-3-5-8(11)6-4-7/h3-6H,2H2,1H3. The minimum absolute atomic E-state index is 0.0560. The molecule has 90 valence electrons. The fourth-order valence-corrected chi connectivity index (χ4v) is 3.63. The van der Waals surface area contributed by atoms with E-state index in [1.165, 1.54) is 0 Å². The van der Waals surface area contributed by atoms with Crippen LogP contribution in [0.15, 0.2) is 32.9 Å². The van der Waals surface area contributed by atoms with Gasteiger partial charge in [-0.25, -0.2) is 8.42 Å². The maximum absolute atomic E-state index is 11.8. The second kappa shape index (κ2) is 4.83. The largest absolute Gasteiger partial charge is 0.223 e. The first-order chi connectivity index (χ1) is 8.04. The van der Waals surface area contributed by atoms with Gasteiger partial charge in [-0.15, -0.1) is 5.10 Å². The second-order valence-corrected chi connectivity index (χ2v) is 7.46. The first-order valence-electron chi connectivity index (χ1n) is 4.85. The molecule has 0 unspecified atom stereocenters. The molecular weight excluding hydrogens is 324 g/mol. The zero-order chi connectivity index (χ0) is 12.5. The van der Waals surface area contributed by atoms with Crippen LogP contribution in [0.5, 0.6) is 0 Å². The Hall–Kier alpha value is -0.790. The number of nitrogens with zero attached hydrogens (tertiary/aromatic N) is 2. The summed E-state index contributed by atoms with van der Waals surface area (Å²) in [6.45, 7) is 1.61. The molecule has 17 heavy (non-hydrogen) atoms. The number of rotatable bonds is 3. The third-order valence-corrected chi connectivity index (χ3v) is 5.79. The van der Waals surface area contributed by atoms with Crippen molar-refractivity contribution in [2.45, 2.75) is 11.1 Å². The lowest BCUT2D eigenvalue weighted by Gasteiger charge is -2.01. The topological polar surface area (TPSA) is 59.9 Å². The second-order valence-electron chi connectivity index (χ2n) is 3.32. The van der Waals surface area contributed by atoms with Gasteiger partial charge < -0.3 is 0 Å². The number of halogens is 1.